The van der Waals surface area contributed by atoms with Crippen molar-refractivity contribution in [3.63, 3.8) is 0 Å². The molecular formula is C17H30FIN4O2S. The van der Waals surface area contributed by atoms with Crippen molar-refractivity contribution in [1.29, 1.82) is 0 Å². The van der Waals surface area contributed by atoms with Gasteiger partial charge >= 0.3 is 0 Å². The van der Waals surface area contributed by atoms with Crippen molar-refractivity contribution in [3.05, 3.63) is 35.1 Å². The van der Waals surface area contributed by atoms with Crippen molar-refractivity contribution in [2.75, 3.05) is 31.9 Å². The highest BCUT2D eigenvalue weighted by Gasteiger charge is 2.18. The number of aliphatic imine (C=N–C) groups is 1. The Morgan fingerprint density at radius 2 is 1.85 bits per heavy atom. The Bertz CT molecular complexity index is 679. The van der Waals surface area contributed by atoms with E-state index in [2.05, 4.69) is 15.6 Å². The monoisotopic (exact) mass is 500 g/mol. The summed E-state index contributed by atoms with van der Waals surface area (Å²) in [5.41, 5.74) is 1.47. The van der Waals surface area contributed by atoms with Crippen LogP contribution in [0.5, 0.6) is 0 Å². The molecule has 9 heteroatoms. The van der Waals surface area contributed by atoms with Crippen molar-refractivity contribution < 1.29 is 12.8 Å². The van der Waals surface area contributed by atoms with Crippen LogP contribution in [0.25, 0.3) is 0 Å². The van der Waals surface area contributed by atoms with Crippen LogP contribution in [0.4, 0.5) is 4.39 Å². The van der Waals surface area contributed by atoms with Crippen LogP contribution in [-0.2, 0) is 16.6 Å². The van der Waals surface area contributed by atoms with Gasteiger partial charge < -0.3 is 10.6 Å². The second-order valence-corrected chi connectivity index (χ2v) is 7.69. The Balaban J connectivity index is 0.00000625. The molecule has 150 valence electrons. The number of halogens is 2. The molecule has 26 heavy (non-hydrogen) atoms. The number of nitrogens with one attached hydrogen (secondary N) is 2. The molecule has 1 aromatic carbocycles. The second-order valence-electron chi connectivity index (χ2n) is 5.61. The Labute approximate surface area is 173 Å². The van der Waals surface area contributed by atoms with E-state index in [4.69, 9.17) is 0 Å². The quantitative estimate of drug-likeness (QED) is 0.311. The molecule has 0 saturated carbocycles. The highest BCUT2D eigenvalue weighted by atomic mass is 127. The molecule has 0 heterocycles. The van der Waals surface area contributed by atoms with E-state index < -0.39 is 10.0 Å². The molecule has 0 radical (unpaired) electrons. The summed E-state index contributed by atoms with van der Waals surface area (Å²) in [6.45, 7) is 9.56. The molecule has 0 bridgehead atoms. The lowest BCUT2D eigenvalue weighted by atomic mass is 10.1. The summed E-state index contributed by atoms with van der Waals surface area (Å²) < 4.78 is 39.1. The van der Waals surface area contributed by atoms with E-state index in [-0.39, 0.29) is 42.1 Å². The standard InChI is InChI=1S/C17H29FN4O2S.HI/c1-5-19-17(20-10-11-25(23,24)22(6-2)7-3)21-13-15-8-9-16(18)14(4)12-15;/h8-9,12H,5-7,10-11,13H2,1-4H3,(H2,19,20,21);1H. The molecule has 1 rings (SSSR count). The Morgan fingerprint density at radius 3 is 2.38 bits per heavy atom. The molecule has 1 aromatic rings. The minimum Gasteiger partial charge on any atom is -0.357 e. The van der Waals surface area contributed by atoms with Gasteiger partial charge in [-0.05, 0) is 31.0 Å². The van der Waals surface area contributed by atoms with E-state index >= 15 is 0 Å². The van der Waals surface area contributed by atoms with Crippen molar-refractivity contribution in [1.82, 2.24) is 14.9 Å². The van der Waals surface area contributed by atoms with E-state index in [1.807, 2.05) is 20.8 Å². The average molecular weight is 500 g/mol. The zero-order chi connectivity index (χ0) is 18.9. The molecule has 2 N–H and O–H groups in total. The number of aryl methyl sites for hydroxylation is 1. The van der Waals surface area contributed by atoms with Gasteiger partial charge in [0.05, 0.1) is 12.3 Å². The second kappa shape index (κ2) is 12.4. The largest absolute Gasteiger partial charge is 0.357 e. The molecule has 0 atom stereocenters. The normalized spacial score (nSPS) is 12.0. The van der Waals surface area contributed by atoms with Crippen molar-refractivity contribution in [2.24, 2.45) is 4.99 Å². The molecular weight excluding hydrogens is 470 g/mol. The molecule has 0 aliphatic rings. The highest BCUT2D eigenvalue weighted by molar-refractivity contribution is 14.0. The predicted octanol–water partition coefficient (Wildman–Crippen LogP) is 2.48. The van der Waals surface area contributed by atoms with Gasteiger partial charge in [0.15, 0.2) is 5.96 Å². The number of rotatable bonds is 9. The van der Waals surface area contributed by atoms with Crippen LogP contribution >= 0.6 is 24.0 Å². The van der Waals surface area contributed by atoms with Crippen LogP contribution in [0, 0.1) is 12.7 Å². The lowest BCUT2D eigenvalue weighted by Crippen LogP contribution is -2.42. The molecule has 0 fully saturated rings. The number of benzene rings is 1. The number of nitrogens with zero attached hydrogens (tertiary/aromatic N) is 2. The first-order chi connectivity index (χ1) is 11.8. The smallest absolute Gasteiger partial charge is 0.215 e. The van der Waals surface area contributed by atoms with Gasteiger partial charge in [-0.3, -0.25) is 0 Å². The van der Waals surface area contributed by atoms with Crippen LogP contribution in [0.2, 0.25) is 0 Å². The summed E-state index contributed by atoms with van der Waals surface area (Å²) in [6, 6.07) is 4.88. The van der Waals surface area contributed by atoms with Gasteiger partial charge in [0, 0.05) is 26.2 Å². The van der Waals surface area contributed by atoms with Gasteiger partial charge in [-0.1, -0.05) is 26.0 Å². The van der Waals surface area contributed by atoms with E-state index in [0.29, 0.717) is 37.7 Å². The van der Waals surface area contributed by atoms with E-state index in [1.165, 1.54) is 10.4 Å². The van der Waals surface area contributed by atoms with Gasteiger partial charge in [-0.15, -0.1) is 24.0 Å². The third-order valence-electron chi connectivity index (χ3n) is 3.74. The first-order valence-electron chi connectivity index (χ1n) is 8.59. The SMILES string of the molecule is CCNC(=NCc1ccc(F)c(C)c1)NCCS(=O)(=O)N(CC)CC.I. The lowest BCUT2D eigenvalue weighted by molar-refractivity contribution is 0.445. The van der Waals surface area contributed by atoms with Crippen LogP contribution in [0.1, 0.15) is 31.9 Å². The highest BCUT2D eigenvalue weighted by Crippen LogP contribution is 2.10. The van der Waals surface area contributed by atoms with Gasteiger partial charge in [-0.25, -0.2) is 22.1 Å². The molecule has 0 saturated heterocycles. The summed E-state index contributed by atoms with van der Waals surface area (Å²) in [6.07, 6.45) is 0. The van der Waals surface area contributed by atoms with Crippen molar-refractivity contribution in [3.8, 4) is 0 Å². The van der Waals surface area contributed by atoms with Crippen LogP contribution in [0.15, 0.2) is 23.2 Å². The summed E-state index contributed by atoms with van der Waals surface area (Å²) in [7, 11) is -3.26. The first-order valence-corrected chi connectivity index (χ1v) is 10.2. The van der Waals surface area contributed by atoms with E-state index in [9.17, 15) is 12.8 Å². The Morgan fingerprint density at radius 1 is 1.19 bits per heavy atom. The topological polar surface area (TPSA) is 73.8 Å². The van der Waals surface area contributed by atoms with Gasteiger partial charge in [0.25, 0.3) is 0 Å². The van der Waals surface area contributed by atoms with Crippen LogP contribution in [0.3, 0.4) is 0 Å². The molecule has 0 spiro atoms. The third kappa shape index (κ3) is 8.17. The zero-order valence-electron chi connectivity index (χ0n) is 15.9. The lowest BCUT2D eigenvalue weighted by Gasteiger charge is -2.19. The number of sulfonamides is 1. The number of hydrogen-bond donors (Lipinski definition) is 2. The molecule has 0 unspecified atom stereocenters. The first kappa shape index (κ1) is 25.1. The van der Waals surface area contributed by atoms with Crippen molar-refractivity contribution in [2.45, 2.75) is 34.2 Å². The van der Waals surface area contributed by atoms with Crippen LogP contribution < -0.4 is 10.6 Å². The molecule has 0 aliphatic heterocycles. The maximum atomic E-state index is 13.3. The van der Waals surface area contributed by atoms with Gasteiger partial charge in [0.1, 0.15) is 5.82 Å². The summed E-state index contributed by atoms with van der Waals surface area (Å²) in [4.78, 5) is 4.42. The van der Waals surface area contributed by atoms with E-state index in [0.717, 1.165) is 5.56 Å². The summed E-state index contributed by atoms with van der Waals surface area (Å²) in [5.74, 6) is 0.313. The molecule has 0 amide bonds. The maximum Gasteiger partial charge on any atom is 0.215 e. The fraction of sp³-hybridized carbons (Fsp3) is 0.588. The predicted molar refractivity (Wildman–Crippen MR) is 116 cm³/mol. The molecule has 0 aromatic heterocycles. The molecule has 6 nitrogen and oxygen atoms in total. The number of guanidine groups is 1. The minimum atomic E-state index is -3.26. The Hall–Kier alpha value is -0.940. The Kier molecular flexibility index (Phi) is 12.0. The van der Waals surface area contributed by atoms with E-state index in [1.54, 1.807) is 19.1 Å². The maximum absolute atomic E-state index is 13.3. The van der Waals surface area contributed by atoms with Crippen LogP contribution in [-0.4, -0.2) is 50.6 Å². The fourth-order valence-electron chi connectivity index (χ4n) is 2.36. The molecule has 0 aliphatic carbocycles. The van der Waals surface area contributed by atoms with Crippen molar-refractivity contribution >= 4 is 40.0 Å². The fourth-order valence-corrected chi connectivity index (χ4v) is 3.77. The average Bonchev–Trinajstić information content (AvgIpc) is 2.56. The third-order valence-corrected chi connectivity index (χ3v) is 5.76. The summed E-state index contributed by atoms with van der Waals surface area (Å²) >= 11 is 0. The van der Waals surface area contributed by atoms with Gasteiger partial charge in [0.2, 0.25) is 10.0 Å². The zero-order valence-corrected chi connectivity index (χ0v) is 19.0. The van der Waals surface area contributed by atoms with Gasteiger partial charge in [-0.2, -0.15) is 0 Å². The minimum absolute atomic E-state index is 0. The number of hydrogen-bond acceptors (Lipinski definition) is 3. The summed E-state index contributed by atoms with van der Waals surface area (Å²) in [5, 5.41) is 6.11.